The molecule has 1 aromatic carbocycles. The minimum atomic E-state index is -3.64. The van der Waals surface area contributed by atoms with Gasteiger partial charge in [0.1, 0.15) is 5.25 Å². The van der Waals surface area contributed by atoms with Crippen molar-refractivity contribution in [3.63, 3.8) is 0 Å². The molecule has 2 atom stereocenters. The average molecular weight is 329 g/mol. The maximum absolute atomic E-state index is 12.1. The topological polar surface area (TPSA) is 112 Å². The van der Waals surface area contributed by atoms with Crippen LogP contribution in [0.1, 0.15) is 18.9 Å². The number of aliphatic carboxylic acids is 1. The zero-order valence-electron chi connectivity index (χ0n) is 11.4. The number of sulfone groups is 1. The van der Waals surface area contributed by atoms with Crippen molar-refractivity contribution in [1.29, 1.82) is 5.26 Å². The van der Waals surface area contributed by atoms with Crippen LogP contribution in [0.4, 0.5) is 0 Å². The van der Waals surface area contributed by atoms with Gasteiger partial charge in [-0.2, -0.15) is 5.26 Å². The van der Waals surface area contributed by atoms with Crippen molar-refractivity contribution in [2.24, 2.45) is 0 Å². The number of carbonyl (C=O) groups is 1. The van der Waals surface area contributed by atoms with E-state index in [0.29, 0.717) is 5.56 Å². The van der Waals surface area contributed by atoms with Crippen molar-refractivity contribution in [3.05, 3.63) is 29.8 Å². The Morgan fingerprint density at radius 2 is 1.95 bits per heavy atom. The van der Waals surface area contributed by atoms with Gasteiger partial charge in [-0.3, -0.25) is 9.00 Å². The molecular formula is C13H15NO5S2. The molecule has 0 aromatic heterocycles. The SMILES string of the molecule is CCC(C(=O)O)S(=O)CCS(=O)(=O)c1ccc(C#N)cc1. The molecule has 0 saturated heterocycles. The van der Waals surface area contributed by atoms with E-state index in [1.54, 1.807) is 6.92 Å². The van der Waals surface area contributed by atoms with Crippen LogP contribution < -0.4 is 0 Å². The van der Waals surface area contributed by atoms with Crippen LogP contribution in [0.15, 0.2) is 29.2 Å². The third-order valence-corrected chi connectivity index (χ3v) is 6.63. The van der Waals surface area contributed by atoms with E-state index in [1.807, 2.05) is 6.07 Å². The minimum absolute atomic E-state index is 0.0295. The summed E-state index contributed by atoms with van der Waals surface area (Å²) in [4.78, 5) is 10.9. The molecular weight excluding hydrogens is 314 g/mol. The highest BCUT2D eigenvalue weighted by Crippen LogP contribution is 2.13. The predicted octanol–water partition coefficient (Wildman–Crippen LogP) is 0.944. The Morgan fingerprint density at radius 1 is 1.38 bits per heavy atom. The van der Waals surface area contributed by atoms with E-state index in [4.69, 9.17) is 10.4 Å². The number of benzene rings is 1. The summed E-state index contributed by atoms with van der Waals surface area (Å²) in [6.45, 7) is 1.59. The Morgan fingerprint density at radius 3 is 2.38 bits per heavy atom. The van der Waals surface area contributed by atoms with Gasteiger partial charge in [0.2, 0.25) is 0 Å². The van der Waals surface area contributed by atoms with Crippen molar-refractivity contribution < 1.29 is 22.5 Å². The zero-order chi connectivity index (χ0) is 16.0. The van der Waals surface area contributed by atoms with Crippen molar-refractivity contribution >= 4 is 26.6 Å². The summed E-state index contributed by atoms with van der Waals surface area (Å²) in [6, 6.07) is 7.27. The van der Waals surface area contributed by atoms with Crippen LogP contribution in [0.2, 0.25) is 0 Å². The molecule has 1 N–H and O–H groups in total. The minimum Gasteiger partial charge on any atom is -0.480 e. The molecule has 0 aliphatic rings. The maximum atomic E-state index is 12.1. The molecule has 0 saturated carbocycles. The molecule has 114 valence electrons. The highest BCUT2D eigenvalue weighted by atomic mass is 32.2. The second kappa shape index (κ2) is 7.33. The molecule has 0 amide bonds. The van der Waals surface area contributed by atoms with Crippen molar-refractivity contribution in [2.45, 2.75) is 23.5 Å². The van der Waals surface area contributed by atoms with E-state index in [1.165, 1.54) is 24.3 Å². The fourth-order valence-corrected chi connectivity index (χ4v) is 4.86. The van der Waals surface area contributed by atoms with E-state index in [2.05, 4.69) is 0 Å². The normalized spacial score (nSPS) is 14.1. The van der Waals surface area contributed by atoms with E-state index in [0.717, 1.165) is 0 Å². The fourth-order valence-electron chi connectivity index (χ4n) is 1.66. The Bertz CT molecular complexity index is 674. The molecule has 0 spiro atoms. The molecule has 8 heteroatoms. The Hall–Kier alpha value is -1.72. The zero-order valence-corrected chi connectivity index (χ0v) is 13.0. The molecule has 0 aliphatic carbocycles. The summed E-state index contributed by atoms with van der Waals surface area (Å²) in [7, 11) is -5.39. The lowest BCUT2D eigenvalue weighted by Gasteiger charge is -2.10. The first kappa shape index (κ1) is 17.3. The van der Waals surface area contributed by atoms with E-state index < -0.39 is 37.6 Å². The molecule has 1 aromatic rings. The summed E-state index contributed by atoms with van der Waals surface area (Å²) in [5, 5.41) is 16.5. The third-order valence-electron chi connectivity index (χ3n) is 2.86. The summed E-state index contributed by atoms with van der Waals surface area (Å²) in [5.41, 5.74) is 0.342. The Labute approximate surface area is 125 Å². The highest BCUT2D eigenvalue weighted by molar-refractivity contribution is 7.93. The monoisotopic (exact) mass is 329 g/mol. The van der Waals surface area contributed by atoms with Crippen LogP contribution in [-0.2, 0) is 25.4 Å². The molecule has 0 bridgehead atoms. The molecule has 0 fully saturated rings. The maximum Gasteiger partial charge on any atom is 0.319 e. The lowest BCUT2D eigenvalue weighted by molar-refractivity contribution is -0.136. The molecule has 0 heterocycles. The second-order valence-electron chi connectivity index (χ2n) is 4.28. The lowest BCUT2D eigenvalue weighted by atomic mass is 10.2. The summed E-state index contributed by atoms with van der Waals surface area (Å²) in [5.74, 6) is -1.81. The van der Waals surface area contributed by atoms with E-state index in [9.17, 15) is 17.4 Å². The molecule has 0 radical (unpaired) electrons. The van der Waals surface area contributed by atoms with Gasteiger partial charge in [-0.25, -0.2) is 8.42 Å². The quantitative estimate of drug-likeness (QED) is 0.797. The number of carboxylic acid groups (broad SMARTS) is 1. The average Bonchev–Trinajstić information content (AvgIpc) is 2.45. The first-order valence-corrected chi connectivity index (χ1v) is 9.18. The fraction of sp³-hybridized carbons (Fsp3) is 0.385. The van der Waals surface area contributed by atoms with Gasteiger partial charge in [0.05, 0.1) is 22.3 Å². The van der Waals surface area contributed by atoms with Crippen LogP contribution in [0.25, 0.3) is 0 Å². The summed E-state index contributed by atoms with van der Waals surface area (Å²) >= 11 is 0. The van der Waals surface area contributed by atoms with Gasteiger partial charge < -0.3 is 5.11 Å². The van der Waals surface area contributed by atoms with Crippen LogP contribution >= 0.6 is 0 Å². The molecule has 6 nitrogen and oxygen atoms in total. The predicted molar refractivity (Wildman–Crippen MR) is 77.9 cm³/mol. The van der Waals surface area contributed by atoms with Gasteiger partial charge >= 0.3 is 5.97 Å². The van der Waals surface area contributed by atoms with E-state index >= 15 is 0 Å². The number of rotatable bonds is 7. The molecule has 0 aliphatic heterocycles. The van der Waals surface area contributed by atoms with Gasteiger partial charge in [0.15, 0.2) is 9.84 Å². The van der Waals surface area contributed by atoms with Crippen molar-refractivity contribution in [2.75, 3.05) is 11.5 Å². The first-order chi connectivity index (χ1) is 9.81. The smallest absolute Gasteiger partial charge is 0.319 e. The molecule has 1 rings (SSSR count). The summed E-state index contributed by atoms with van der Waals surface area (Å²) < 4.78 is 35.9. The highest BCUT2D eigenvalue weighted by Gasteiger charge is 2.24. The van der Waals surface area contributed by atoms with E-state index in [-0.39, 0.29) is 17.1 Å². The lowest BCUT2D eigenvalue weighted by Crippen LogP contribution is -2.28. The van der Waals surface area contributed by atoms with Gasteiger partial charge in [-0.15, -0.1) is 0 Å². The van der Waals surface area contributed by atoms with Gasteiger partial charge in [-0.1, -0.05) is 6.92 Å². The van der Waals surface area contributed by atoms with Crippen LogP contribution in [-0.4, -0.2) is 40.5 Å². The van der Waals surface area contributed by atoms with Crippen molar-refractivity contribution in [1.82, 2.24) is 0 Å². The summed E-state index contributed by atoms with van der Waals surface area (Å²) in [6.07, 6.45) is 0.179. The second-order valence-corrected chi connectivity index (χ2v) is 8.12. The van der Waals surface area contributed by atoms with Crippen LogP contribution in [0.5, 0.6) is 0 Å². The number of carboxylic acids is 1. The van der Waals surface area contributed by atoms with Crippen LogP contribution in [0.3, 0.4) is 0 Å². The standard InChI is InChI=1S/C13H15NO5S2/c1-2-12(13(15)16)20(17)7-8-21(18,19)11-5-3-10(9-14)4-6-11/h3-6,12H,2,7-8H2,1H3,(H,15,16). The number of nitrogens with zero attached hydrogens (tertiary/aromatic N) is 1. The van der Waals surface area contributed by atoms with Crippen molar-refractivity contribution in [3.8, 4) is 6.07 Å². The van der Waals surface area contributed by atoms with Crippen LogP contribution in [0, 0.1) is 11.3 Å². The number of nitriles is 1. The van der Waals surface area contributed by atoms with Gasteiger partial charge in [-0.05, 0) is 30.7 Å². The van der Waals surface area contributed by atoms with Gasteiger partial charge in [0, 0.05) is 16.6 Å². The first-order valence-electron chi connectivity index (χ1n) is 6.14. The third kappa shape index (κ3) is 4.65. The number of hydrogen-bond donors (Lipinski definition) is 1. The Balaban J connectivity index is 2.79. The molecule has 2 unspecified atom stereocenters. The largest absolute Gasteiger partial charge is 0.480 e. The molecule has 21 heavy (non-hydrogen) atoms. The van der Waals surface area contributed by atoms with Gasteiger partial charge in [0.25, 0.3) is 0 Å². The number of hydrogen-bond acceptors (Lipinski definition) is 5. The Kier molecular flexibility index (Phi) is 6.05.